The van der Waals surface area contributed by atoms with Crippen molar-refractivity contribution in [3.63, 3.8) is 0 Å². The minimum atomic E-state index is -1.64. The molecule has 3 atom stereocenters. The summed E-state index contributed by atoms with van der Waals surface area (Å²) in [6.45, 7) is 0. The minimum absolute atomic E-state index is 0.231. The van der Waals surface area contributed by atoms with Gasteiger partial charge in [0.15, 0.2) is 17.3 Å². The highest BCUT2D eigenvalue weighted by Gasteiger charge is 2.72. The molecule has 6 nitrogen and oxygen atoms in total. The first kappa shape index (κ1) is 26.2. The lowest BCUT2D eigenvalue weighted by molar-refractivity contribution is 0.0664. The third-order valence-corrected chi connectivity index (χ3v) is 9.13. The van der Waals surface area contributed by atoms with Gasteiger partial charge in [0.25, 0.3) is 0 Å². The second-order valence-electron chi connectivity index (χ2n) is 10.7. The third kappa shape index (κ3) is 3.48. The Morgan fingerprint density at radius 2 is 1.50 bits per heavy atom. The smallest absolute Gasteiger partial charge is 0.185 e. The fourth-order valence-electron chi connectivity index (χ4n) is 7.13. The zero-order valence-electron chi connectivity index (χ0n) is 22.9. The zero-order valence-corrected chi connectivity index (χ0v) is 23.7. The van der Waals surface area contributed by atoms with Gasteiger partial charge in [-0.05, 0) is 54.1 Å². The van der Waals surface area contributed by atoms with Crippen LogP contribution in [0.3, 0.4) is 0 Å². The van der Waals surface area contributed by atoms with E-state index in [0.29, 0.717) is 38.8 Å². The van der Waals surface area contributed by atoms with E-state index in [2.05, 4.69) is 0 Å². The molecular formula is C35H26ClNO5. The molecule has 1 saturated heterocycles. The van der Waals surface area contributed by atoms with Crippen LogP contribution in [0.2, 0.25) is 5.02 Å². The van der Waals surface area contributed by atoms with Crippen molar-refractivity contribution in [2.45, 2.75) is 18.0 Å². The molecule has 0 saturated carbocycles. The lowest BCUT2D eigenvalue weighted by Crippen LogP contribution is -2.48. The van der Waals surface area contributed by atoms with Crippen LogP contribution in [-0.4, -0.2) is 43.7 Å². The van der Waals surface area contributed by atoms with E-state index in [9.17, 15) is 14.4 Å². The molecule has 0 N–H and O–H groups in total. The van der Waals surface area contributed by atoms with Crippen molar-refractivity contribution in [3.8, 4) is 11.5 Å². The first-order chi connectivity index (χ1) is 20.4. The van der Waals surface area contributed by atoms with Crippen LogP contribution in [-0.2, 0) is 0 Å². The van der Waals surface area contributed by atoms with Gasteiger partial charge in [-0.25, -0.2) is 0 Å². The van der Waals surface area contributed by atoms with E-state index in [0.717, 1.165) is 11.3 Å². The first-order valence-electron chi connectivity index (χ1n) is 13.7. The topological polar surface area (TPSA) is 72.9 Å². The van der Waals surface area contributed by atoms with E-state index in [4.69, 9.17) is 21.1 Å². The number of benzene rings is 4. The molecule has 2 aliphatic heterocycles. The summed E-state index contributed by atoms with van der Waals surface area (Å²) in [6, 6.07) is 25.0. The second-order valence-corrected chi connectivity index (χ2v) is 11.2. The molecule has 1 fully saturated rings. The number of para-hydroxylation sites is 1. The van der Waals surface area contributed by atoms with E-state index < -0.39 is 23.4 Å². The molecule has 3 aliphatic rings. The highest BCUT2D eigenvalue weighted by molar-refractivity contribution is 6.32. The quantitative estimate of drug-likeness (QED) is 0.195. The Kier molecular flexibility index (Phi) is 6.06. The molecule has 42 heavy (non-hydrogen) atoms. The molecule has 2 heterocycles. The number of anilines is 1. The minimum Gasteiger partial charge on any atom is -0.497 e. The predicted octanol–water partition coefficient (Wildman–Crippen LogP) is 6.67. The monoisotopic (exact) mass is 575 g/mol. The summed E-state index contributed by atoms with van der Waals surface area (Å²) in [6.07, 6.45) is 3.84. The standard InChI is InChI=1S/C35H26ClNO5/c1-41-23-16-17-28(42-2)26(19-23)30-31(32(38)21-11-14-22(36)15-12-21)37-27-10-6-3-7-20(27)13-18-29(37)35(30)33(39)24-8-4-5-9-25(24)34(35)40/h3-19,29-31H,1-2H3/t29-,30+,31+/m0/s1. The number of halogens is 1. The predicted molar refractivity (Wildman–Crippen MR) is 161 cm³/mol. The average molecular weight is 576 g/mol. The van der Waals surface area contributed by atoms with Crippen LogP contribution in [0.1, 0.15) is 48.1 Å². The van der Waals surface area contributed by atoms with Crippen LogP contribution in [0.5, 0.6) is 11.5 Å². The summed E-state index contributed by atoms with van der Waals surface area (Å²) in [5.41, 5.74) is 1.74. The number of nitrogens with zero attached hydrogens (tertiary/aromatic N) is 1. The molecule has 208 valence electrons. The van der Waals surface area contributed by atoms with E-state index in [1.54, 1.807) is 80.9 Å². The number of methoxy groups -OCH3 is 2. The zero-order chi connectivity index (χ0) is 29.2. The summed E-state index contributed by atoms with van der Waals surface area (Å²) in [4.78, 5) is 46.4. The molecule has 4 aromatic carbocycles. The molecule has 1 spiro atoms. The number of Topliss-reactive ketones (excluding diaryl/α,β-unsaturated/α-hetero) is 3. The Hall–Kier alpha value is -4.68. The van der Waals surface area contributed by atoms with Crippen molar-refractivity contribution in [2.24, 2.45) is 5.41 Å². The van der Waals surface area contributed by atoms with Crippen LogP contribution in [0.15, 0.2) is 97.1 Å². The van der Waals surface area contributed by atoms with Gasteiger partial charge in [0, 0.05) is 38.9 Å². The van der Waals surface area contributed by atoms with Gasteiger partial charge in [0.1, 0.15) is 23.0 Å². The van der Waals surface area contributed by atoms with Crippen LogP contribution < -0.4 is 14.4 Å². The number of carbonyl (C=O) groups excluding carboxylic acids is 3. The third-order valence-electron chi connectivity index (χ3n) is 8.88. The highest BCUT2D eigenvalue weighted by Crippen LogP contribution is 2.62. The second kappa shape index (κ2) is 9.71. The van der Waals surface area contributed by atoms with Gasteiger partial charge in [-0.15, -0.1) is 0 Å². The lowest BCUT2D eigenvalue weighted by Gasteiger charge is -2.37. The van der Waals surface area contributed by atoms with Gasteiger partial charge in [-0.1, -0.05) is 66.2 Å². The maximum Gasteiger partial charge on any atom is 0.185 e. The summed E-state index contributed by atoms with van der Waals surface area (Å²) >= 11 is 6.19. The van der Waals surface area contributed by atoms with Gasteiger partial charge in [0.2, 0.25) is 0 Å². The van der Waals surface area contributed by atoms with Crippen molar-refractivity contribution in [3.05, 3.63) is 130 Å². The first-order valence-corrected chi connectivity index (χ1v) is 14.1. The molecule has 7 heteroatoms. The average Bonchev–Trinajstić information content (AvgIpc) is 3.46. The number of ketones is 3. The summed E-state index contributed by atoms with van der Waals surface area (Å²) < 4.78 is 11.4. The fraction of sp³-hybridized carbons (Fsp3) is 0.171. The van der Waals surface area contributed by atoms with Gasteiger partial charge in [-0.3, -0.25) is 14.4 Å². The molecular weight excluding hydrogens is 550 g/mol. The summed E-state index contributed by atoms with van der Waals surface area (Å²) in [7, 11) is 3.09. The van der Waals surface area contributed by atoms with Crippen molar-refractivity contribution in [2.75, 3.05) is 19.1 Å². The Morgan fingerprint density at radius 1 is 0.833 bits per heavy atom. The van der Waals surface area contributed by atoms with Crippen molar-refractivity contribution < 1.29 is 23.9 Å². The Morgan fingerprint density at radius 3 is 2.17 bits per heavy atom. The molecule has 0 unspecified atom stereocenters. The Labute approximate surface area is 248 Å². The van der Waals surface area contributed by atoms with Crippen LogP contribution in [0.4, 0.5) is 5.69 Å². The molecule has 0 radical (unpaired) electrons. The van der Waals surface area contributed by atoms with Crippen LogP contribution in [0.25, 0.3) is 6.08 Å². The molecule has 0 bridgehead atoms. The number of rotatable bonds is 5. The largest absolute Gasteiger partial charge is 0.497 e. The van der Waals surface area contributed by atoms with Gasteiger partial charge in [-0.2, -0.15) is 0 Å². The number of carbonyl (C=O) groups is 3. The van der Waals surface area contributed by atoms with Gasteiger partial charge < -0.3 is 14.4 Å². The van der Waals surface area contributed by atoms with E-state index >= 15 is 0 Å². The van der Waals surface area contributed by atoms with E-state index in [1.807, 2.05) is 41.3 Å². The number of ether oxygens (including phenoxy) is 2. The maximum atomic E-state index is 14.8. The van der Waals surface area contributed by atoms with Crippen molar-refractivity contribution >= 4 is 40.7 Å². The summed E-state index contributed by atoms with van der Waals surface area (Å²) in [5, 5.41) is 0.501. The SMILES string of the molecule is COc1ccc(OC)c([C@@H]2[C@H](C(=O)c3ccc(Cl)cc3)N3c4ccccc4C=C[C@H]3C23C(=O)c2ccccc2C3=O)c1. The number of fused-ring (bicyclic) bond motifs is 5. The van der Waals surface area contributed by atoms with Crippen LogP contribution in [0, 0.1) is 5.41 Å². The Bertz CT molecular complexity index is 1780. The van der Waals surface area contributed by atoms with Crippen molar-refractivity contribution in [1.82, 2.24) is 0 Å². The molecule has 1 aliphatic carbocycles. The van der Waals surface area contributed by atoms with Gasteiger partial charge >= 0.3 is 0 Å². The maximum absolute atomic E-state index is 14.8. The normalized spacial score (nSPS) is 21.2. The molecule has 0 aromatic heterocycles. The fourth-order valence-corrected chi connectivity index (χ4v) is 7.25. The number of hydrogen-bond donors (Lipinski definition) is 0. The van der Waals surface area contributed by atoms with Gasteiger partial charge in [0.05, 0.1) is 20.3 Å². The lowest BCUT2D eigenvalue weighted by atomic mass is 9.64. The molecule has 0 amide bonds. The van der Waals surface area contributed by atoms with Crippen molar-refractivity contribution in [1.29, 1.82) is 0 Å². The van der Waals surface area contributed by atoms with E-state index in [-0.39, 0.29) is 17.3 Å². The molecule has 7 rings (SSSR count). The molecule has 4 aromatic rings. The summed E-state index contributed by atoms with van der Waals surface area (Å²) in [5.74, 6) is -0.770. The van der Waals surface area contributed by atoms with Crippen LogP contribution >= 0.6 is 11.6 Å². The number of hydrogen-bond acceptors (Lipinski definition) is 6. The Balaban J connectivity index is 1.58. The van der Waals surface area contributed by atoms with E-state index in [1.165, 1.54) is 0 Å². The highest BCUT2D eigenvalue weighted by atomic mass is 35.5.